The zero-order chi connectivity index (χ0) is 10.9. The van der Waals surface area contributed by atoms with Crippen LogP contribution in [0.4, 0.5) is 5.82 Å². The fraction of sp³-hybridized carbons (Fsp3) is 0.700. The van der Waals surface area contributed by atoms with Crippen molar-refractivity contribution >= 4 is 5.82 Å². The minimum absolute atomic E-state index is 0.309. The summed E-state index contributed by atoms with van der Waals surface area (Å²) in [5.41, 5.74) is 6.92. The van der Waals surface area contributed by atoms with Crippen LogP contribution in [0.15, 0.2) is 6.20 Å². The molecule has 0 spiro atoms. The Morgan fingerprint density at radius 2 is 2.00 bits per heavy atom. The molecule has 0 aliphatic carbocycles. The molecule has 0 aliphatic heterocycles. The van der Waals surface area contributed by atoms with Crippen molar-refractivity contribution in [2.75, 3.05) is 12.8 Å². The summed E-state index contributed by atoms with van der Waals surface area (Å²) in [6.45, 7) is 6.49. The van der Waals surface area contributed by atoms with E-state index in [0.29, 0.717) is 17.9 Å². The lowest BCUT2D eigenvalue weighted by molar-refractivity contribution is 0.211. The average Bonchev–Trinajstić information content (AvgIpc) is 2.42. The summed E-state index contributed by atoms with van der Waals surface area (Å²) in [4.78, 5) is 2.27. The Bertz CT molecular complexity index is 303. The van der Waals surface area contributed by atoms with Crippen molar-refractivity contribution in [1.29, 1.82) is 0 Å². The first-order valence-electron chi connectivity index (χ1n) is 4.94. The second-order valence-corrected chi connectivity index (χ2v) is 4.08. The second-order valence-electron chi connectivity index (χ2n) is 4.08. The van der Waals surface area contributed by atoms with Gasteiger partial charge >= 0.3 is 0 Å². The maximum Gasteiger partial charge on any atom is 0.150 e. The average molecular weight is 196 g/mol. The number of hydrogen-bond acceptors (Lipinski definition) is 3. The number of anilines is 1. The minimum atomic E-state index is 0.309. The van der Waals surface area contributed by atoms with E-state index in [9.17, 15) is 0 Å². The lowest BCUT2D eigenvalue weighted by Crippen LogP contribution is -2.29. The molecule has 0 aliphatic rings. The molecule has 0 saturated carbocycles. The van der Waals surface area contributed by atoms with Gasteiger partial charge in [-0.15, -0.1) is 0 Å². The van der Waals surface area contributed by atoms with E-state index in [1.165, 1.54) is 0 Å². The van der Waals surface area contributed by atoms with Crippen LogP contribution in [0.1, 0.15) is 32.4 Å². The number of rotatable bonds is 3. The zero-order valence-corrected chi connectivity index (χ0v) is 9.65. The van der Waals surface area contributed by atoms with E-state index < -0.39 is 0 Å². The fourth-order valence-corrected chi connectivity index (χ4v) is 1.51. The lowest BCUT2D eigenvalue weighted by atomic mass is 10.1. The van der Waals surface area contributed by atoms with E-state index in [0.717, 1.165) is 5.56 Å². The summed E-state index contributed by atoms with van der Waals surface area (Å²) < 4.78 is 1.76. The van der Waals surface area contributed by atoms with Gasteiger partial charge in [-0.05, 0) is 27.8 Å². The summed E-state index contributed by atoms with van der Waals surface area (Å²) >= 11 is 0. The van der Waals surface area contributed by atoms with Crippen molar-refractivity contribution < 1.29 is 0 Å². The van der Waals surface area contributed by atoms with Crippen LogP contribution in [0.3, 0.4) is 0 Å². The monoisotopic (exact) mass is 196 g/mol. The van der Waals surface area contributed by atoms with Gasteiger partial charge in [-0.1, -0.05) is 0 Å². The summed E-state index contributed by atoms with van der Waals surface area (Å²) in [5, 5.41) is 4.14. The Labute approximate surface area is 85.7 Å². The Balaban J connectivity index is 2.88. The standard InChI is InChI=1S/C10H20N4/c1-7(2)14(5)8(3)9-6-13(4)12-10(9)11/h6-8H,1-5H3,(H2,11,12). The number of aromatic nitrogens is 2. The van der Waals surface area contributed by atoms with Gasteiger partial charge in [-0.3, -0.25) is 9.58 Å². The lowest BCUT2D eigenvalue weighted by Gasteiger charge is -2.27. The molecule has 80 valence electrons. The van der Waals surface area contributed by atoms with E-state index in [4.69, 9.17) is 5.73 Å². The molecule has 0 radical (unpaired) electrons. The summed E-state index contributed by atoms with van der Waals surface area (Å²) in [7, 11) is 3.99. The van der Waals surface area contributed by atoms with Gasteiger partial charge in [-0.25, -0.2) is 0 Å². The zero-order valence-electron chi connectivity index (χ0n) is 9.65. The highest BCUT2D eigenvalue weighted by Crippen LogP contribution is 2.24. The summed E-state index contributed by atoms with van der Waals surface area (Å²) in [6, 6.07) is 0.813. The Morgan fingerprint density at radius 3 is 2.36 bits per heavy atom. The maximum absolute atomic E-state index is 5.82. The first-order valence-corrected chi connectivity index (χ1v) is 4.94. The first kappa shape index (κ1) is 11.0. The van der Waals surface area contributed by atoms with E-state index in [2.05, 4.69) is 37.8 Å². The maximum atomic E-state index is 5.82. The van der Waals surface area contributed by atoms with Crippen molar-refractivity contribution in [3.63, 3.8) is 0 Å². The summed E-state index contributed by atoms with van der Waals surface area (Å²) in [5.74, 6) is 0.632. The van der Waals surface area contributed by atoms with Crippen LogP contribution in [-0.2, 0) is 7.05 Å². The quantitative estimate of drug-likeness (QED) is 0.795. The fourth-order valence-electron chi connectivity index (χ4n) is 1.51. The molecule has 1 atom stereocenters. The highest BCUT2D eigenvalue weighted by atomic mass is 15.3. The molecule has 1 aromatic heterocycles. The van der Waals surface area contributed by atoms with Gasteiger partial charge < -0.3 is 5.73 Å². The number of nitrogen functional groups attached to an aromatic ring is 1. The van der Waals surface area contributed by atoms with Crippen molar-refractivity contribution in [3.8, 4) is 0 Å². The molecule has 4 heteroatoms. The number of hydrogen-bond donors (Lipinski definition) is 1. The Morgan fingerprint density at radius 1 is 1.43 bits per heavy atom. The molecular weight excluding hydrogens is 176 g/mol. The van der Waals surface area contributed by atoms with Crippen molar-refractivity contribution in [2.24, 2.45) is 7.05 Å². The molecule has 14 heavy (non-hydrogen) atoms. The third-order valence-electron chi connectivity index (χ3n) is 2.76. The van der Waals surface area contributed by atoms with Crippen molar-refractivity contribution in [1.82, 2.24) is 14.7 Å². The third-order valence-corrected chi connectivity index (χ3v) is 2.76. The van der Waals surface area contributed by atoms with E-state index in [-0.39, 0.29) is 0 Å². The molecule has 1 aromatic rings. The van der Waals surface area contributed by atoms with Crippen molar-refractivity contribution in [2.45, 2.75) is 32.9 Å². The molecule has 1 unspecified atom stereocenters. The molecule has 1 heterocycles. The summed E-state index contributed by atoms with van der Waals surface area (Å²) in [6.07, 6.45) is 1.98. The van der Waals surface area contributed by atoms with Crippen LogP contribution in [-0.4, -0.2) is 27.8 Å². The van der Waals surface area contributed by atoms with Crippen LogP contribution in [0.5, 0.6) is 0 Å². The molecular formula is C10H20N4. The molecule has 0 saturated heterocycles. The molecule has 0 aromatic carbocycles. The van der Waals surface area contributed by atoms with Crippen LogP contribution < -0.4 is 5.73 Å². The third kappa shape index (κ3) is 2.07. The highest BCUT2D eigenvalue weighted by molar-refractivity contribution is 5.39. The Hall–Kier alpha value is -1.03. The van der Waals surface area contributed by atoms with Gasteiger partial charge in [0.1, 0.15) is 5.82 Å². The van der Waals surface area contributed by atoms with Crippen LogP contribution >= 0.6 is 0 Å². The van der Waals surface area contributed by atoms with E-state index in [1.54, 1.807) is 4.68 Å². The first-order chi connectivity index (χ1) is 6.43. The normalized spacial score (nSPS) is 13.9. The molecule has 0 bridgehead atoms. The van der Waals surface area contributed by atoms with Crippen LogP contribution in [0.2, 0.25) is 0 Å². The van der Waals surface area contributed by atoms with Gasteiger partial charge in [-0.2, -0.15) is 5.10 Å². The molecule has 0 amide bonds. The van der Waals surface area contributed by atoms with Crippen LogP contribution in [0.25, 0.3) is 0 Å². The number of nitrogens with zero attached hydrogens (tertiary/aromatic N) is 3. The SMILES string of the molecule is CC(C)N(C)C(C)c1cn(C)nc1N. The van der Waals surface area contributed by atoms with Crippen LogP contribution in [0, 0.1) is 0 Å². The number of nitrogens with two attached hydrogens (primary N) is 1. The minimum Gasteiger partial charge on any atom is -0.382 e. The van der Waals surface area contributed by atoms with E-state index >= 15 is 0 Å². The van der Waals surface area contributed by atoms with Gasteiger partial charge in [0.25, 0.3) is 0 Å². The molecule has 1 rings (SSSR count). The van der Waals surface area contributed by atoms with Gasteiger partial charge in [0.15, 0.2) is 0 Å². The van der Waals surface area contributed by atoms with Gasteiger partial charge in [0.05, 0.1) is 0 Å². The second kappa shape index (κ2) is 4.00. The number of aryl methyl sites for hydroxylation is 1. The predicted octanol–water partition coefficient (Wildman–Crippen LogP) is 1.40. The molecule has 4 nitrogen and oxygen atoms in total. The smallest absolute Gasteiger partial charge is 0.150 e. The van der Waals surface area contributed by atoms with Gasteiger partial charge in [0, 0.05) is 30.9 Å². The molecule has 2 N–H and O–H groups in total. The van der Waals surface area contributed by atoms with E-state index in [1.807, 2.05) is 13.2 Å². The Kier molecular flexibility index (Phi) is 3.16. The van der Waals surface area contributed by atoms with Crippen molar-refractivity contribution in [3.05, 3.63) is 11.8 Å². The highest BCUT2D eigenvalue weighted by Gasteiger charge is 2.18. The predicted molar refractivity (Wildman–Crippen MR) is 58.9 cm³/mol. The largest absolute Gasteiger partial charge is 0.382 e. The van der Waals surface area contributed by atoms with Gasteiger partial charge in [0.2, 0.25) is 0 Å². The topological polar surface area (TPSA) is 47.1 Å². The molecule has 0 fully saturated rings.